The second-order valence-electron chi connectivity index (χ2n) is 11.4. The number of hydrogen-bond donors (Lipinski definition) is 6. The Morgan fingerprint density at radius 3 is 2.33 bits per heavy atom. The van der Waals surface area contributed by atoms with Crippen LogP contribution in [0.1, 0.15) is 23.1 Å². The molecule has 0 spiro atoms. The van der Waals surface area contributed by atoms with Crippen LogP contribution in [0.5, 0.6) is 5.75 Å². The molecule has 1 amide bonds. The van der Waals surface area contributed by atoms with Gasteiger partial charge >= 0.3 is 6.18 Å². The van der Waals surface area contributed by atoms with Crippen molar-refractivity contribution < 1.29 is 48.0 Å². The van der Waals surface area contributed by atoms with Gasteiger partial charge in [0.25, 0.3) is 5.91 Å². The van der Waals surface area contributed by atoms with Gasteiger partial charge in [0.2, 0.25) is 5.78 Å². The number of carbonyl (C=O) groups is 3. The molecule has 1 saturated carbocycles. The van der Waals surface area contributed by atoms with Crippen molar-refractivity contribution in [3.63, 3.8) is 0 Å². The number of alkyl halides is 3. The summed E-state index contributed by atoms with van der Waals surface area (Å²) in [6, 6.07) is 8.41. The minimum Gasteiger partial charge on any atom is -0.508 e. The maximum absolute atomic E-state index is 13.9. The Kier molecular flexibility index (Phi) is 7.39. The summed E-state index contributed by atoms with van der Waals surface area (Å²) in [4.78, 5) is 40.7. The number of phenols is 1. The number of ketones is 2. The SMILES string of the molecule is CN(C)C1C(=O)C(C(N)=O)=C(O)[C@@]2(O)C(=O)C3=C(O)c4c(O)ccc(-c5ccc(CNCC(F)(F)F)cc5)c4C[C@H]3C[C@@H]12. The summed E-state index contributed by atoms with van der Waals surface area (Å²) in [5.41, 5.74) is 3.72. The Balaban J connectivity index is 1.58. The minimum atomic E-state index is -4.34. The van der Waals surface area contributed by atoms with Crippen molar-refractivity contribution in [3.05, 3.63) is 70.0 Å². The molecule has 0 bridgehead atoms. The number of halogens is 3. The van der Waals surface area contributed by atoms with Crippen molar-refractivity contribution in [2.75, 3.05) is 20.6 Å². The van der Waals surface area contributed by atoms with Crippen LogP contribution in [0, 0.1) is 11.8 Å². The van der Waals surface area contributed by atoms with E-state index < -0.39 is 70.8 Å². The summed E-state index contributed by atoms with van der Waals surface area (Å²) >= 11 is 0. The van der Waals surface area contributed by atoms with Gasteiger partial charge in [0.1, 0.15) is 22.8 Å². The molecule has 0 saturated heterocycles. The highest BCUT2D eigenvalue weighted by atomic mass is 19.4. The normalized spacial score (nSPS) is 25.5. The fraction of sp³-hybridized carbons (Fsp3) is 0.367. The number of amides is 1. The van der Waals surface area contributed by atoms with Crippen LogP contribution in [-0.4, -0.2) is 81.3 Å². The second-order valence-corrected chi connectivity index (χ2v) is 11.4. The lowest BCUT2D eigenvalue weighted by molar-refractivity contribution is -0.153. The van der Waals surface area contributed by atoms with E-state index in [0.717, 1.165) is 0 Å². The van der Waals surface area contributed by atoms with Gasteiger partial charge in [0, 0.05) is 18.0 Å². The number of Topliss-reactive ketones (excluding diaryl/α,β-unsaturated/α-hetero) is 2. The summed E-state index contributed by atoms with van der Waals surface area (Å²) in [6.07, 6.45) is -4.29. The van der Waals surface area contributed by atoms with Crippen LogP contribution in [-0.2, 0) is 27.3 Å². The average molecular weight is 602 g/mol. The highest BCUT2D eigenvalue weighted by Gasteiger charge is 2.64. The zero-order valence-corrected chi connectivity index (χ0v) is 23.2. The van der Waals surface area contributed by atoms with E-state index in [0.29, 0.717) is 22.3 Å². The van der Waals surface area contributed by atoms with Crippen LogP contribution in [0.3, 0.4) is 0 Å². The minimum absolute atomic E-state index is 0.0145. The van der Waals surface area contributed by atoms with E-state index in [4.69, 9.17) is 5.73 Å². The zero-order valence-electron chi connectivity index (χ0n) is 23.2. The molecule has 1 fully saturated rings. The molecule has 3 aliphatic rings. The summed E-state index contributed by atoms with van der Waals surface area (Å²) in [5, 5.41) is 47.1. The van der Waals surface area contributed by atoms with Gasteiger partial charge in [-0.3, -0.25) is 19.3 Å². The summed E-state index contributed by atoms with van der Waals surface area (Å²) < 4.78 is 37.4. The first-order valence-electron chi connectivity index (χ1n) is 13.4. The van der Waals surface area contributed by atoms with Crippen molar-refractivity contribution in [2.45, 2.75) is 37.2 Å². The van der Waals surface area contributed by atoms with E-state index in [2.05, 4.69) is 5.32 Å². The molecule has 10 nitrogen and oxygen atoms in total. The summed E-state index contributed by atoms with van der Waals surface area (Å²) in [7, 11) is 3.04. The smallest absolute Gasteiger partial charge is 0.401 e. The van der Waals surface area contributed by atoms with Crippen molar-refractivity contribution in [3.8, 4) is 16.9 Å². The van der Waals surface area contributed by atoms with E-state index in [1.54, 1.807) is 30.3 Å². The highest BCUT2D eigenvalue weighted by Crippen LogP contribution is 2.53. The van der Waals surface area contributed by atoms with Gasteiger partial charge in [-0.2, -0.15) is 13.2 Å². The first-order chi connectivity index (χ1) is 20.1. The number of carbonyl (C=O) groups excluding carboxylic acids is 3. The largest absolute Gasteiger partial charge is 0.508 e. The number of nitrogens with one attached hydrogen (secondary N) is 1. The molecule has 0 radical (unpaired) electrons. The number of aromatic hydroxyl groups is 1. The number of aliphatic hydroxyl groups is 3. The van der Waals surface area contributed by atoms with Crippen LogP contribution >= 0.6 is 0 Å². The molecule has 4 atom stereocenters. The standard InChI is InChI=1S/C30H30F3N3O7/c1-36(2)23-18-10-15-9-17-16(14-5-3-13(4-6-14)11-35-12-29(31,32)33)7-8-19(37)21(17)24(38)20(15)26(40)30(18,43)27(41)22(25(23)39)28(34)42/h3-8,15,18,23,35,37-38,41,43H,9-12H2,1-2H3,(H2,34,42)/t15-,18-,23?,30-/m0/s1. The molecule has 0 aromatic heterocycles. The number of likely N-dealkylation sites (N-methyl/N-ethyl adjacent to an activating group) is 1. The predicted octanol–water partition coefficient (Wildman–Crippen LogP) is 2.28. The van der Waals surface area contributed by atoms with E-state index in [9.17, 15) is 48.0 Å². The van der Waals surface area contributed by atoms with E-state index in [1.807, 2.05) is 0 Å². The van der Waals surface area contributed by atoms with E-state index in [1.165, 1.54) is 25.1 Å². The first kappa shape index (κ1) is 30.3. The maximum atomic E-state index is 13.9. The molecule has 1 unspecified atom stereocenters. The second kappa shape index (κ2) is 10.5. The number of fused-ring (bicyclic) bond motifs is 3. The van der Waals surface area contributed by atoms with Gasteiger partial charge < -0.3 is 31.5 Å². The predicted molar refractivity (Wildman–Crippen MR) is 147 cm³/mol. The van der Waals surface area contributed by atoms with Crippen molar-refractivity contribution in [2.24, 2.45) is 17.6 Å². The molecule has 13 heteroatoms. The number of benzene rings is 2. The lowest BCUT2D eigenvalue weighted by Gasteiger charge is -2.50. The van der Waals surface area contributed by atoms with Gasteiger partial charge in [-0.25, -0.2) is 0 Å². The van der Waals surface area contributed by atoms with Gasteiger partial charge in [0.05, 0.1) is 18.2 Å². The van der Waals surface area contributed by atoms with E-state index in [-0.39, 0.29) is 36.3 Å². The van der Waals surface area contributed by atoms with Crippen LogP contribution < -0.4 is 11.1 Å². The van der Waals surface area contributed by atoms with Gasteiger partial charge in [-0.15, -0.1) is 0 Å². The highest BCUT2D eigenvalue weighted by molar-refractivity contribution is 6.24. The monoisotopic (exact) mass is 601 g/mol. The molecule has 228 valence electrons. The first-order valence-corrected chi connectivity index (χ1v) is 13.4. The number of nitrogens with zero attached hydrogens (tertiary/aromatic N) is 1. The molecule has 43 heavy (non-hydrogen) atoms. The molecular formula is C30H30F3N3O7. The number of rotatable bonds is 6. The molecule has 2 aromatic carbocycles. The Labute approximate surface area is 243 Å². The lowest BCUT2D eigenvalue weighted by Crippen LogP contribution is -2.65. The molecule has 5 rings (SSSR count). The molecule has 2 aromatic rings. The van der Waals surface area contributed by atoms with Crippen LogP contribution in [0.25, 0.3) is 16.9 Å². The van der Waals surface area contributed by atoms with E-state index >= 15 is 0 Å². The third-order valence-corrected chi connectivity index (χ3v) is 8.52. The fourth-order valence-electron chi connectivity index (χ4n) is 6.67. The number of primary amides is 1. The topological polar surface area (TPSA) is 173 Å². The number of hydrogen-bond acceptors (Lipinski definition) is 9. The Hall–Kier alpha value is -4.20. The van der Waals surface area contributed by atoms with Crippen molar-refractivity contribution >= 4 is 23.2 Å². The number of nitrogens with two attached hydrogens (primary N) is 1. The zero-order chi connectivity index (χ0) is 31.6. The molecule has 0 heterocycles. The Bertz CT molecular complexity index is 1600. The Morgan fingerprint density at radius 1 is 1.09 bits per heavy atom. The molecule has 7 N–H and O–H groups in total. The molecular weight excluding hydrogens is 571 g/mol. The maximum Gasteiger partial charge on any atom is 0.401 e. The number of aliphatic hydroxyl groups excluding tert-OH is 2. The summed E-state index contributed by atoms with van der Waals surface area (Å²) in [6.45, 7) is -1.15. The third-order valence-electron chi connectivity index (χ3n) is 8.52. The van der Waals surface area contributed by atoms with Gasteiger partial charge in [-0.1, -0.05) is 30.3 Å². The number of phenolic OH excluding ortho intramolecular Hbond substituents is 1. The average Bonchev–Trinajstić information content (AvgIpc) is 2.90. The van der Waals surface area contributed by atoms with Crippen molar-refractivity contribution in [1.82, 2.24) is 10.2 Å². The van der Waals surface area contributed by atoms with Crippen LogP contribution in [0.2, 0.25) is 0 Å². The van der Waals surface area contributed by atoms with Crippen LogP contribution in [0.15, 0.2) is 53.3 Å². The van der Waals surface area contributed by atoms with Gasteiger partial charge in [-0.05, 0) is 61.2 Å². The summed E-state index contributed by atoms with van der Waals surface area (Å²) in [5.74, 6) is -7.31. The van der Waals surface area contributed by atoms with Gasteiger partial charge in [0.15, 0.2) is 11.4 Å². The van der Waals surface area contributed by atoms with Crippen LogP contribution in [0.4, 0.5) is 13.2 Å². The third kappa shape index (κ3) is 4.86. The quantitative estimate of drug-likeness (QED) is 0.272. The van der Waals surface area contributed by atoms with Crippen molar-refractivity contribution in [1.29, 1.82) is 0 Å². The Morgan fingerprint density at radius 2 is 1.74 bits per heavy atom. The molecule has 3 aliphatic carbocycles. The lowest BCUT2D eigenvalue weighted by atomic mass is 9.57. The fourth-order valence-corrected chi connectivity index (χ4v) is 6.67. The molecule has 0 aliphatic heterocycles.